The minimum absolute atomic E-state index is 0.0101. The highest BCUT2D eigenvalue weighted by Gasteiger charge is 2.17. The molecule has 1 aromatic heterocycles. The van der Waals surface area contributed by atoms with Gasteiger partial charge < -0.3 is 9.84 Å². The van der Waals surface area contributed by atoms with Crippen molar-refractivity contribution in [2.24, 2.45) is 0 Å². The van der Waals surface area contributed by atoms with Gasteiger partial charge in [0.1, 0.15) is 12.2 Å². The summed E-state index contributed by atoms with van der Waals surface area (Å²) in [5.41, 5.74) is 0.532. The highest BCUT2D eigenvalue weighted by atomic mass is 32.2. The zero-order valence-corrected chi connectivity index (χ0v) is 11.6. The third-order valence-corrected chi connectivity index (χ3v) is 3.57. The van der Waals surface area contributed by atoms with E-state index in [1.807, 2.05) is 0 Å². The number of aromatic nitrogens is 1. The summed E-state index contributed by atoms with van der Waals surface area (Å²) in [5.74, 6) is -1.25. The van der Waals surface area contributed by atoms with E-state index in [0.717, 1.165) is 6.26 Å². The Morgan fingerprint density at radius 1 is 1.35 bits per heavy atom. The van der Waals surface area contributed by atoms with Gasteiger partial charge in [-0.2, -0.15) is 0 Å². The number of rotatable bonds is 5. The van der Waals surface area contributed by atoms with Gasteiger partial charge in [-0.15, -0.1) is 0 Å². The Morgan fingerprint density at radius 3 is 2.70 bits per heavy atom. The van der Waals surface area contributed by atoms with Crippen LogP contribution in [0.25, 0.3) is 10.9 Å². The molecule has 0 aliphatic heterocycles. The first-order valence-corrected chi connectivity index (χ1v) is 7.86. The number of aromatic carboxylic acids is 1. The molecule has 2 aromatic rings. The van der Waals surface area contributed by atoms with Gasteiger partial charge >= 0.3 is 5.97 Å². The van der Waals surface area contributed by atoms with Crippen LogP contribution in [0.1, 0.15) is 10.4 Å². The van der Waals surface area contributed by atoms with Gasteiger partial charge in [0.15, 0.2) is 15.6 Å². The van der Waals surface area contributed by atoms with Crippen LogP contribution < -0.4 is 4.74 Å². The van der Waals surface area contributed by atoms with Crippen LogP contribution in [0.2, 0.25) is 0 Å². The molecule has 0 aliphatic rings. The molecule has 1 N–H and O–H groups in total. The second-order valence-electron chi connectivity index (χ2n) is 4.30. The molecule has 20 heavy (non-hydrogen) atoms. The van der Waals surface area contributed by atoms with Crippen LogP contribution in [0.15, 0.2) is 30.5 Å². The molecular formula is C13H13NO5S. The largest absolute Gasteiger partial charge is 0.490 e. The van der Waals surface area contributed by atoms with Crippen molar-refractivity contribution in [3.63, 3.8) is 0 Å². The molecule has 1 heterocycles. The van der Waals surface area contributed by atoms with E-state index >= 15 is 0 Å². The Kier molecular flexibility index (Phi) is 3.89. The molecule has 0 radical (unpaired) electrons. The smallest absolute Gasteiger partial charge is 0.340 e. The standard InChI is InChI=1S/C13H13NO5S/c1-20(17,18)7-6-19-11-8-14-10-5-3-2-4-9(10)12(11)13(15)16/h2-5,8H,6-7H2,1H3,(H,15,16). The number of ether oxygens (including phenoxy) is 1. The van der Waals surface area contributed by atoms with Crippen LogP contribution >= 0.6 is 0 Å². The normalized spacial score (nSPS) is 11.4. The quantitative estimate of drug-likeness (QED) is 0.895. The van der Waals surface area contributed by atoms with Crippen molar-refractivity contribution >= 4 is 26.7 Å². The molecule has 0 unspecified atom stereocenters. The summed E-state index contributed by atoms with van der Waals surface area (Å²) in [6, 6.07) is 6.79. The molecule has 0 atom stereocenters. The van der Waals surface area contributed by atoms with Crippen molar-refractivity contribution in [1.29, 1.82) is 0 Å². The van der Waals surface area contributed by atoms with Gasteiger partial charge in [0, 0.05) is 11.6 Å². The lowest BCUT2D eigenvalue weighted by Gasteiger charge is -2.10. The van der Waals surface area contributed by atoms with E-state index in [1.165, 1.54) is 6.20 Å². The molecule has 0 bridgehead atoms. The van der Waals surface area contributed by atoms with E-state index in [9.17, 15) is 18.3 Å². The van der Waals surface area contributed by atoms with Gasteiger partial charge in [-0.1, -0.05) is 18.2 Å². The maximum absolute atomic E-state index is 11.4. The zero-order chi connectivity index (χ0) is 14.8. The van der Waals surface area contributed by atoms with Crippen molar-refractivity contribution < 1.29 is 23.1 Å². The summed E-state index contributed by atoms with van der Waals surface area (Å²) >= 11 is 0. The Balaban J connectivity index is 2.38. The molecule has 1 aromatic carbocycles. The number of benzene rings is 1. The lowest BCUT2D eigenvalue weighted by atomic mass is 10.1. The molecule has 0 amide bonds. The maximum Gasteiger partial charge on any atom is 0.340 e. The summed E-state index contributed by atoms with van der Waals surface area (Å²) in [4.78, 5) is 15.5. The second kappa shape index (κ2) is 5.46. The van der Waals surface area contributed by atoms with Crippen LogP contribution in [-0.4, -0.2) is 43.1 Å². The van der Waals surface area contributed by atoms with Crippen molar-refractivity contribution in [1.82, 2.24) is 4.98 Å². The third-order valence-electron chi connectivity index (χ3n) is 2.67. The summed E-state index contributed by atoms with van der Waals surface area (Å²) in [7, 11) is -3.16. The van der Waals surface area contributed by atoms with E-state index in [-0.39, 0.29) is 23.7 Å². The van der Waals surface area contributed by atoms with Crippen LogP contribution in [-0.2, 0) is 9.84 Å². The van der Waals surface area contributed by atoms with Crippen LogP contribution in [0.4, 0.5) is 0 Å². The van der Waals surface area contributed by atoms with Gasteiger partial charge in [0.2, 0.25) is 0 Å². The number of carboxylic acids is 1. The number of nitrogens with zero attached hydrogens (tertiary/aromatic N) is 1. The number of carboxylic acid groups (broad SMARTS) is 1. The zero-order valence-electron chi connectivity index (χ0n) is 10.7. The van der Waals surface area contributed by atoms with E-state index in [4.69, 9.17) is 4.74 Å². The number of pyridine rings is 1. The Hall–Kier alpha value is -2.15. The SMILES string of the molecule is CS(=O)(=O)CCOc1cnc2ccccc2c1C(=O)O. The second-order valence-corrected chi connectivity index (χ2v) is 6.56. The molecule has 0 saturated carbocycles. The Bertz CT molecular complexity index is 754. The highest BCUT2D eigenvalue weighted by Crippen LogP contribution is 2.26. The lowest BCUT2D eigenvalue weighted by Crippen LogP contribution is -2.14. The molecule has 6 nitrogen and oxygen atoms in total. The van der Waals surface area contributed by atoms with Crippen molar-refractivity contribution in [3.05, 3.63) is 36.0 Å². The molecule has 0 aliphatic carbocycles. The van der Waals surface area contributed by atoms with E-state index in [0.29, 0.717) is 10.9 Å². The third kappa shape index (κ3) is 3.24. The summed E-state index contributed by atoms with van der Waals surface area (Å²) in [5, 5.41) is 9.75. The fraction of sp³-hybridized carbons (Fsp3) is 0.231. The molecule has 0 fully saturated rings. The molecule has 2 rings (SSSR count). The summed E-state index contributed by atoms with van der Waals surface area (Å²) in [6.45, 7) is -0.112. The van der Waals surface area contributed by atoms with E-state index < -0.39 is 15.8 Å². The molecular weight excluding hydrogens is 282 g/mol. The monoisotopic (exact) mass is 295 g/mol. The first-order chi connectivity index (χ1) is 9.38. The average Bonchev–Trinajstić information content (AvgIpc) is 2.36. The number of hydrogen-bond donors (Lipinski definition) is 1. The molecule has 0 saturated heterocycles. The highest BCUT2D eigenvalue weighted by molar-refractivity contribution is 7.90. The first kappa shape index (κ1) is 14.3. The fourth-order valence-electron chi connectivity index (χ4n) is 1.76. The van der Waals surface area contributed by atoms with Crippen molar-refractivity contribution in [3.8, 4) is 5.75 Å². The minimum atomic E-state index is -3.16. The van der Waals surface area contributed by atoms with Gasteiger partial charge in [0.25, 0.3) is 0 Å². The number of hydrogen-bond acceptors (Lipinski definition) is 5. The van der Waals surface area contributed by atoms with Crippen molar-refractivity contribution in [2.75, 3.05) is 18.6 Å². The summed E-state index contributed by atoms with van der Waals surface area (Å²) < 4.78 is 27.3. The van der Waals surface area contributed by atoms with Gasteiger partial charge in [-0.05, 0) is 6.07 Å². The van der Waals surface area contributed by atoms with Gasteiger partial charge in [-0.3, -0.25) is 4.98 Å². The number of sulfone groups is 1. The predicted molar refractivity (Wildman–Crippen MR) is 73.9 cm³/mol. The topological polar surface area (TPSA) is 93.6 Å². The molecule has 7 heteroatoms. The maximum atomic E-state index is 11.4. The van der Waals surface area contributed by atoms with Gasteiger partial charge in [-0.25, -0.2) is 13.2 Å². The number of fused-ring (bicyclic) bond motifs is 1. The van der Waals surface area contributed by atoms with Crippen LogP contribution in [0.5, 0.6) is 5.75 Å². The van der Waals surface area contributed by atoms with Crippen LogP contribution in [0, 0.1) is 0 Å². The van der Waals surface area contributed by atoms with Gasteiger partial charge in [0.05, 0.1) is 17.5 Å². The number of para-hydroxylation sites is 1. The van der Waals surface area contributed by atoms with E-state index in [1.54, 1.807) is 24.3 Å². The van der Waals surface area contributed by atoms with E-state index in [2.05, 4.69) is 4.98 Å². The first-order valence-electron chi connectivity index (χ1n) is 5.80. The fourth-order valence-corrected chi connectivity index (χ4v) is 2.14. The minimum Gasteiger partial charge on any atom is -0.490 e. The predicted octanol–water partition coefficient (Wildman–Crippen LogP) is 1.36. The van der Waals surface area contributed by atoms with Crippen molar-refractivity contribution in [2.45, 2.75) is 0 Å². The summed E-state index contributed by atoms with van der Waals surface area (Å²) in [6.07, 6.45) is 2.39. The Morgan fingerprint density at radius 2 is 2.05 bits per heavy atom. The van der Waals surface area contributed by atoms with Crippen LogP contribution in [0.3, 0.4) is 0 Å². The Labute approximate surface area is 115 Å². The lowest BCUT2D eigenvalue weighted by molar-refractivity contribution is 0.0695. The number of carbonyl (C=O) groups is 1. The molecule has 0 spiro atoms. The average molecular weight is 295 g/mol. The molecule has 106 valence electrons.